The van der Waals surface area contributed by atoms with Crippen molar-refractivity contribution in [1.82, 2.24) is 0 Å². The van der Waals surface area contributed by atoms with E-state index < -0.39 is 5.97 Å². The summed E-state index contributed by atoms with van der Waals surface area (Å²) in [5.41, 5.74) is 0.754. The van der Waals surface area contributed by atoms with Crippen LogP contribution >= 0.6 is 0 Å². The fourth-order valence-electron chi connectivity index (χ4n) is 1.67. The van der Waals surface area contributed by atoms with E-state index in [0.717, 1.165) is 0 Å². The van der Waals surface area contributed by atoms with Crippen LogP contribution in [0.25, 0.3) is 0 Å². The summed E-state index contributed by atoms with van der Waals surface area (Å²) in [4.78, 5) is 10.7. The molecule has 0 saturated carbocycles. The van der Waals surface area contributed by atoms with Gasteiger partial charge >= 0.3 is 5.97 Å². The van der Waals surface area contributed by atoms with Crippen LogP contribution in [0.2, 0.25) is 0 Å². The minimum atomic E-state index is -0.970. The molecule has 0 spiro atoms. The van der Waals surface area contributed by atoms with Crippen molar-refractivity contribution in [3.63, 3.8) is 0 Å². The van der Waals surface area contributed by atoms with Gasteiger partial charge in [-0.25, -0.2) is 4.79 Å². The quantitative estimate of drug-likeness (QED) is 0.824. The lowest BCUT2D eigenvalue weighted by atomic mass is 10.2. The van der Waals surface area contributed by atoms with E-state index >= 15 is 0 Å². The highest BCUT2D eigenvalue weighted by atomic mass is 16.5. The van der Waals surface area contributed by atoms with Crippen molar-refractivity contribution in [2.75, 3.05) is 13.2 Å². The molecule has 0 fully saturated rings. The zero-order valence-corrected chi connectivity index (χ0v) is 11.2. The van der Waals surface area contributed by atoms with Gasteiger partial charge in [-0.05, 0) is 42.5 Å². The van der Waals surface area contributed by atoms with E-state index in [1.807, 2.05) is 6.07 Å². The molecule has 0 saturated heterocycles. The Kier molecular flexibility index (Phi) is 4.78. The topological polar surface area (TPSA) is 79.5 Å². The maximum absolute atomic E-state index is 10.7. The Labute approximate surface area is 122 Å². The summed E-state index contributed by atoms with van der Waals surface area (Å²) in [6.07, 6.45) is 0. The van der Waals surface area contributed by atoms with Crippen molar-refractivity contribution in [1.29, 1.82) is 5.26 Å². The predicted molar refractivity (Wildman–Crippen MR) is 75.5 cm³/mol. The Morgan fingerprint density at radius 1 is 1.05 bits per heavy atom. The summed E-state index contributed by atoms with van der Waals surface area (Å²) in [5, 5.41) is 17.5. The van der Waals surface area contributed by atoms with E-state index in [4.69, 9.17) is 19.8 Å². The van der Waals surface area contributed by atoms with Crippen LogP contribution in [-0.2, 0) is 0 Å². The molecule has 106 valence electrons. The van der Waals surface area contributed by atoms with Gasteiger partial charge in [-0.1, -0.05) is 6.07 Å². The maximum Gasteiger partial charge on any atom is 0.335 e. The van der Waals surface area contributed by atoms with E-state index in [1.54, 1.807) is 36.4 Å². The molecule has 0 heterocycles. The number of nitriles is 1. The number of nitrogens with zero attached hydrogens (tertiary/aromatic N) is 1. The number of carboxylic acid groups (broad SMARTS) is 1. The van der Waals surface area contributed by atoms with Crippen LogP contribution in [0.4, 0.5) is 0 Å². The SMILES string of the molecule is N#Cc1cccc(OCCOc2ccc(C(=O)O)cc2)c1. The Morgan fingerprint density at radius 3 is 2.33 bits per heavy atom. The van der Waals surface area contributed by atoms with Gasteiger partial charge in [0.1, 0.15) is 24.7 Å². The predicted octanol–water partition coefficient (Wildman–Crippen LogP) is 2.71. The van der Waals surface area contributed by atoms with Crippen molar-refractivity contribution in [2.24, 2.45) is 0 Å². The first-order chi connectivity index (χ1) is 10.2. The highest BCUT2D eigenvalue weighted by molar-refractivity contribution is 5.87. The molecule has 0 aromatic heterocycles. The second-order valence-corrected chi connectivity index (χ2v) is 4.17. The van der Waals surface area contributed by atoms with Crippen LogP contribution in [0.5, 0.6) is 11.5 Å². The molecule has 0 aliphatic heterocycles. The lowest BCUT2D eigenvalue weighted by Gasteiger charge is -2.08. The molecule has 2 rings (SSSR count). The number of rotatable bonds is 6. The third kappa shape index (κ3) is 4.25. The highest BCUT2D eigenvalue weighted by Crippen LogP contribution is 2.14. The van der Waals surface area contributed by atoms with Gasteiger partial charge in [0.15, 0.2) is 0 Å². The van der Waals surface area contributed by atoms with Crippen molar-refractivity contribution < 1.29 is 19.4 Å². The van der Waals surface area contributed by atoms with E-state index in [-0.39, 0.29) is 5.56 Å². The Bertz CT molecular complexity index is 659. The summed E-state index contributed by atoms with van der Waals surface area (Å²) in [5.74, 6) is 0.218. The van der Waals surface area contributed by atoms with Crippen LogP contribution in [0, 0.1) is 11.3 Å². The second kappa shape index (κ2) is 6.96. The first-order valence-electron chi connectivity index (χ1n) is 6.28. The summed E-state index contributed by atoms with van der Waals surface area (Å²) < 4.78 is 10.9. The third-order valence-corrected chi connectivity index (χ3v) is 2.69. The average Bonchev–Trinajstić information content (AvgIpc) is 2.52. The summed E-state index contributed by atoms with van der Waals surface area (Å²) in [6.45, 7) is 0.652. The monoisotopic (exact) mass is 283 g/mol. The molecule has 0 unspecified atom stereocenters. The second-order valence-electron chi connectivity index (χ2n) is 4.17. The van der Waals surface area contributed by atoms with Crippen LogP contribution in [-0.4, -0.2) is 24.3 Å². The molecular weight excluding hydrogens is 270 g/mol. The largest absolute Gasteiger partial charge is 0.490 e. The van der Waals surface area contributed by atoms with Gasteiger partial charge in [-0.15, -0.1) is 0 Å². The lowest BCUT2D eigenvalue weighted by Crippen LogP contribution is -2.09. The van der Waals surface area contributed by atoms with Gasteiger partial charge in [0.05, 0.1) is 17.2 Å². The van der Waals surface area contributed by atoms with Gasteiger partial charge in [0, 0.05) is 0 Å². The fourth-order valence-corrected chi connectivity index (χ4v) is 1.67. The minimum absolute atomic E-state index is 0.215. The number of aromatic carboxylic acids is 1. The number of carbonyl (C=O) groups is 1. The van der Waals surface area contributed by atoms with Crippen molar-refractivity contribution >= 4 is 5.97 Å². The molecule has 0 bridgehead atoms. The fraction of sp³-hybridized carbons (Fsp3) is 0.125. The standard InChI is InChI=1S/C16H13NO4/c17-11-12-2-1-3-15(10-12)21-9-8-20-14-6-4-13(5-7-14)16(18)19/h1-7,10H,8-9H2,(H,18,19). The number of hydrogen-bond donors (Lipinski definition) is 1. The summed E-state index contributed by atoms with van der Waals surface area (Å²) >= 11 is 0. The highest BCUT2D eigenvalue weighted by Gasteiger charge is 2.02. The van der Waals surface area contributed by atoms with Crippen LogP contribution in [0.1, 0.15) is 15.9 Å². The van der Waals surface area contributed by atoms with Crippen molar-refractivity contribution in [3.05, 3.63) is 59.7 Å². The molecule has 0 aliphatic carbocycles. The lowest BCUT2D eigenvalue weighted by molar-refractivity contribution is 0.0697. The molecule has 0 atom stereocenters. The zero-order valence-electron chi connectivity index (χ0n) is 11.2. The molecule has 1 N–H and O–H groups in total. The first-order valence-corrected chi connectivity index (χ1v) is 6.28. The van der Waals surface area contributed by atoms with Crippen LogP contribution < -0.4 is 9.47 Å². The zero-order chi connectivity index (χ0) is 15.1. The number of hydrogen-bond acceptors (Lipinski definition) is 4. The van der Waals surface area contributed by atoms with E-state index in [2.05, 4.69) is 0 Å². The van der Waals surface area contributed by atoms with Gasteiger partial charge < -0.3 is 14.6 Å². The molecular formula is C16H13NO4. The van der Waals surface area contributed by atoms with E-state index in [9.17, 15) is 4.79 Å². The number of ether oxygens (including phenoxy) is 2. The van der Waals surface area contributed by atoms with E-state index in [1.165, 1.54) is 12.1 Å². The molecule has 2 aromatic carbocycles. The molecule has 0 radical (unpaired) electrons. The third-order valence-electron chi connectivity index (χ3n) is 2.69. The number of benzene rings is 2. The Morgan fingerprint density at radius 2 is 1.71 bits per heavy atom. The molecule has 5 heteroatoms. The van der Waals surface area contributed by atoms with E-state index in [0.29, 0.717) is 30.3 Å². The molecule has 0 amide bonds. The number of carboxylic acids is 1. The van der Waals surface area contributed by atoms with Gasteiger partial charge in [0.25, 0.3) is 0 Å². The molecule has 2 aromatic rings. The summed E-state index contributed by atoms with van der Waals surface area (Å²) in [6, 6.07) is 15.1. The smallest absolute Gasteiger partial charge is 0.335 e. The Balaban J connectivity index is 1.79. The Hall–Kier alpha value is -3.00. The normalized spacial score (nSPS) is 9.67. The van der Waals surface area contributed by atoms with Crippen molar-refractivity contribution in [3.8, 4) is 17.6 Å². The maximum atomic E-state index is 10.7. The molecule has 21 heavy (non-hydrogen) atoms. The molecule has 5 nitrogen and oxygen atoms in total. The minimum Gasteiger partial charge on any atom is -0.490 e. The molecule has 0 aliphatic rings. The average molecular weight is 283 g/mol. The van der Waals surface area contributed by atoms with Gasteiger partial charge in [-0.3, -0.25) is 0 Å². The van der Waals surface area contributed by atoms with Crippen LogP contribution in [0.3, 0.4) is 0 Å². The van der Waals surface area contributed by atoms with Gasteiger partial charge in [0.2, 0.25) is 0 Å². The van der Waals surface area contributed by atoms with Crippen molar-refractivity contribution in [2.45, 2.75) is 0 Å². The summed E-state index contributed by atoms with van der Waals surface area (Å²) in [7, 11) is 0. The first kappa shape index (κ1) is 14.4. The van der Waals surface area contributed by atoms with Crippen LogP contribution in [0.15, 0.2) is 48.5 Å². The van der Waals surface area contributed by atoms with Gasteiger partial charge in [-0.2, -0.15) is 5.26 Å².